The van der Waals surface area contributed by atoms with E-state index in [1.54, 1.807) is 0 Å². The van der Waals surface area contributed by atoms with Gasteiger partial charge in [-0.25, -0.2) is 4.98 Å². The van der Waals surface area contributed by atoms with E-state index in [1.165, 1.54) is 11.1 Å². The summed E-state index contributed by atoms with van der Waals surface area (Å²) in [6, 6.07) is 2.06. The van der Waals surface area contributed by atoms with Crippen LogP contribution in [0.4, 0.5) is 5.82 Å². The van der Waals surface area contributed by atoms with Crippen LogP contribution < -0.4 is 4.90 Å². The summed E-state index contributed by atoms with van der Waals surface area (Å²) >= 11 is 0. The topological polar surface area (TPSA) is 16.1 Å². The summed E-state index contributed by atoms with van der Waals surface area (Å²) in [4.78, 5) is 6.40. The highest BCUT2D eigenvalue weighted by Gasteiger charge is 2.05. The normalized spacial score (nSPS) is 9.00. The van der Waals surface area contributed by atoms with Crippen LogP contribution in [0.15, 0.2) is 12.3 Å². The van der Waals surface area contributed by atoms with Crippen LogP contribution in [-0.2, 0) is 6.42 Å². The average Bonchev–Trinajstić information content (AvgIpc) is 2.20. The molecule has 0 N–H and O–H groups in total. The Bertz CT molecular complexity index is 267. The van der Waals surface area contributed by atoms with Crippen LogP contribution in [0.5, 0.6) is 0 Å². The van der Waals surface area contributed by atoms with Crippen LogP contribution in [0.3, 0.4) is 0 Å². The van der Waals surface area contributed by atoms with Gasteiger partial charge in [0.05, 0.1) is 0 Å². The quantitative estimate of drug-likeness (QED) is 0.719. The molecule has 14 heavy (non-hydrogen) atoms. The molecular formula is C12H22N2. The van der Waals surface area contributed by atoms with Gasteiger partial charge in [0.1, 0.15) is 5.82 Å². The standard InChI is InChI=1S/C10H16N2.C2H6/c1-5-9-8(2)6-7-11-10(9)12(3)4;1-2/h6-7H,5H2,1-4H3;1-2H3. The van der Waals surface area contributed by atoms with Crippen molar-refractivity contribution >= 4 is 5.82 Å². The van der Waals surface area contributed by atoms with Crippen molar-refractivity contribution < 1.29 is 0 Å². The van der Waals surface area contributed by atoms with E-state index in [4.69, 9.17) is 0 Å². The Morgan fingerprint density at radius 3 is 2.21 bits per heavy atom. The summed E-state index contributed by atoms with van der Waals surface area (Å²) in [6.45, 7) is 8.30. The molecule has 0 fully saturated rings. The first kappa shape index (κ1) is 12.9. The first-order valence-corrected chi connectivity index (χ1v) is 5.28. The minimum atomic E-state index is 1.05. The van der Waals surface area contributed by atoms with Gasteiger partial charge in [-0.2, -0.15) is 0 Å². The van der Waals surface area contributed by atoms with Crippen molar-refractivity contribution in [3.05, 3.63) is 23.4 Å². The fourth-order valence-corrected chi connectivity index (χ4v) is 1.40. The number of hydrogen-bond donors (Lipinski definition) is 0. The van der Waals surface area contributed by atoms with Gasteiger partial charge >= 0.3 is 0 Å². The Labute approximate surface area is 88.0 Å². The Hall–Kier alpha value is -1.05. The molecule has 0 atom stereocenters. The Morgan fingerprint density at radius 1 is 1.29 bits per heavy atom. The van der Waals surface area contributed by atoms with Crippen LogP contribution in [0.2, 0.25) is 0 Å². The summed E-state index contributed by atoms with van der Waals surface area (Å²) in [5, 5.41) is 0. The van der Waals surface area contributed by atoms with Gasteiger partial charge in [-0.05, 0) is 30.5 Å². The molecule has 0 saturated carbocycles. The molecule has 80 valence electrons. The fourth-order valence-electron chi connectivity index (χ4n) is 1.40. The zero-order chi connectivity index (χ0) is 11.1. The molecule has 1 heterocycles. The molecule has 1 rings (SSSR count). The molecule has 0 spiro atoms. The summed E-state index contributed by atoms with van der Waals surface area (Å²) in [5.41, 5.74) is 2.68. The van der Waals surface area contributed by atoms with Crippen LogP contribution in [0, 0.1) is 6.92 Å². The highest BCUT2D eigenvalue weighted by atomic mass is 15.1. The lowest BCUT2D eigenvalue weighted by molar-refractivity contribution is 0.993. The fraction of sp³-hybridized carbons (Fsp3) is 0.583. The van der Waals surface area contributed by atoms with E-state index in [2.05, 4.69) is 29.8 Å². The molecule has 0 aromatic carbocycles. The van der Waals surface area contributed by atoms with Gasteiger partial charge in [0.15, 0.2) is 0 Å². The predicted octanol–water partition coefficient (Wildman–Crippen LogP) is 3.04. The van der Waals surface area contributed by atoms with Crippen molar-refractivity contribution in [1.29, 1.82) is 0 Å². The maximum absolute atomic E-state index is 4.34. The first-order valence-electron chi connectivity index (χ1n) is 5.28. The van der Waals surface area contributed by atoms with E-state index in [9.17, 15) is 0 Å². The largest absolute Gasteiger partial charge is 0.363 e. The third-order valence-electron chi connectivity index (χ3n) is 2.04. The number of aryl methyl sites for hydroxylation is 1. The average molecular weight is 194 g/mol. The van der Waals surface area contributed by atoms with Gasteiger partial charge in [0.25, 0.3) is 0 Å². The zero-order valence-corrected chi connectivity index (χ0v) is 10.3. The Kier molecular flexibility index (Phi) is 5.93. The molecule has 1 aromatic heterocycles. The van der Waals surface area contributed by atoms with E-state index in [0.29, 0.717) is 0 Å². The summed E-state index contributed by atoms with van der Waals surface area (Å²) < 4.78 is 0. The zero-order valence-electron chi connectivity index (χ0n) is 10.3. The second kappa shape index (κ2) is 6.41. The van der Waals surface area contributed by atoms with Crippen LogP contribution in [0.25, 0.3) is 0 Å². The number of rotatable bonds is 2. The van der Waals surface area contributed by atoms with Crippen LogP contribution in [-0.4, -0.2) is 19.1 Å². The maximum atomic E-state index is 4.34. The summed E-state index contributed by atoms with van der Waals surface area (Å²) in [7, 11) is 4.06. The first-order chi connectivity index (χ1) is 6.66. The SMILES string of the molecule is CC.CCc1c(C)ccnc1N(C)C. The third-order valence-corrected chi connectivity index (χ3v) is 2.04. The lowest BCUT2D eigenvalue weighted by atomic mass is 10.1. The van der Waals surface area contributed by atoms with E-state index in [-0.39, 0.29) is 0 Å². The monoisotopic (exact) mass is 194 g/mol. The molecule has 0 aliphatic carbocycles. The number of pyridine rings is 1. The Morgan fingerprint density at radius 2 is 1.86 bits per heavy atom. The molecule has 0 saturated heterocycles. The maximum Gasteiger partial charge on any atom is 0.131 e. The van der Waals surface area contributed by atoms with Crippen LogP contribution in [0.1, 0.15) is 31.9 Å². The lowest BCUT2D eigenvalue weighted by Gasteiger charge is -2.16. The molecule has 0 unspecified atom stereocenters. The molecule has 2 nitrogen and oxygen atoms in total. The van der Waals surface area contributed by atoms with Gasteiger partial charge in [-0.1, -0.05) is 20.8 Å². The number of aromatic nitrogens is 1. The van der Waals surface area contributed by atoms with Gasteiger partial charge in [0.2, 0.25) is 0 Å². The van der Waals surface area contributed by atoms with E-state index in [0.717, 1.165) is 12.2 Å². The van der Waals surface area contributed by atoms with Crippen molar-refractivity contribution in [2.24, 2.45) is 0 Å². The second-order valence-electron chi connectivity index (χ2n) is 3.18. The van der Waals surface area contributed by atoms with Crippen molar-refractivity contribution in [1.82, 2.24) is 4.98 Å². The van der Waals surface area contributed by atoms with E-state index in [1.807, 2.05) is 34.1 Å². The van der Waals surface area contributed by atoms with E-state index < -0.39 is 0 Å². The molecule has 0 aliphatic rings. The third kappa shape index (κ3) is 3.02. The molecular weight excluding hydrogens is 172 g/mol. The highest BCUT2D eigenvalue weighted by Crippen LogP contribution is 2.18. The van der Waals surface area contributed by atoms with Gasteiger partial charge in [-0.15, -0.1) is 0 Å². The molecule has 2 heteroatoms. The minimum absolute atomic E-state index is 1.05. The van der Waals surface area contributed by atoms with Gasteiger partial charge in [0, 0.05) is 20.3 Å². The highest BCUT2D eigenvalue weighted by molar-refractivity contribution is 5.48. The van der Waals surface area contributed by atoms with Gasteiger partial charge in [-0.3, -0.25) is 0 Å². The minimum Gasteiger partial charge on any atom is -0.363 e. The number of nitrogens with zero attached hydrogens (tertiary/aromatic N) is 2. The van der Waals surface area contributed by atoms with Crippen molar-refractivity contribution in [2.45, 2.75) is 34.1 Å². The predicted molar refractivity (Wildman–Crippen MR) is 64.0 cm³/mol. The molecule has 0 amide bonds. The van der Waals surface area contributed by atoms with Crippen molar-refractivity contribution in [3.63, 3.8) is 0 Å². The summed E-state index contributed by atoms with van der Waals surface area (Å²) in [6.07, 6.45) is 2.91. The van der Waals surface area contributed by atoms with Gasteiger partial charge < -0.3 is 4.90 Å². The summed E-state index contributed by atoms with van der Waals surface area (Å²) in [5.74, 6) is 1.09. The number of hydrogen-bond acceptors (Lipinski definition) is 2. The molecule has 1 aromatic rings. The Balaban J connectivity index is 0.000000791. The molecule has 0 aliphatic heterocycles. The second-order valence-corrected chi connectivity index (χ2v) is 3.18. The van der Waals surface area contributed by atoms with Crippen molar-refractivity contribution in [3.8, 4) is 0 Å². The van der Waals surface area contributed by atoms with Crippen molar-refractivity contribution in [2.75, 3.05) is 19.0 Å². The van der Waals surface area contributed by atoms with Crippen LogP contribution >= 0.6 is 0 Å². The molecule has 0 bridgehead atoms. The van der Waals surface area contributed by atoms with E-state index >= 15 is 0 Å². The lowest BCUT2D eigenvalue weighted by Crippen LogP contribution is -2.13. The molecule has 0 radical (unpaired) electrons. The smallest absolute Gasteiger partial charge is 0.131 e. The number of anilines is 1.